The molecule has 1 atom stereocenters. The zero-order chi connectivity index (χ0) is 28.6. The quantitative estimate of drug-likeness (QED) is 0.218. The Bertz CT molecular complexity index is 1750. The van der Waals surface area contributed by atoms with Gasteiger partial charge in [-0.1, -0.05) is 103 Å². The Morgan fingerprint density at radius 2 is 1.48 bits per heavy atom. The van der Waals surface area contributed by atoms with E-state index in [2.05, 4.69) is 96.8 Å². The molecule has 1 aliphatic carbocycles. The van der Waals surface area contributed by atoms with Crippen molar-refractivity contribution in [2.75, 3.05) is 13.1 Å². The van der Waals surface area contributed by atoms with Crippen LogP contribution in [-0.4, -0.2) is 34.8 Å². The Labute approximate surface area is 247 Å². The lowest BCUT2D eigenvalue weighted by Gasteiger charge is -2.40. The Kier molecular flexibility index (Phi) is 7.09. The second kappa shape index (κ2) is 11.2. The second-order valence-corrected chi connectivity index (χ2v) is 11.8. The molecule has 0 fully saturated rings. The third-order valence-corrected chi connectivity index (χ3v) is 9.27. The van der Waals surface area contributed by atoms with Crippen LogP contribution in [0, 0.1) is 12.7 Å². The molecular weight excluding hydrogens is 519 g/mol. The monoisotopic (exact) mass is 554 g/mol. The van der Waals surface area contributed by atoms with E-state index in [1.165, 1.54) is 50.2 Å². The highest BCUT2D eigenvalue weighted by Gasteiger charge is 2.35. The largest absolute Gasteiger partial charge is 0.333 e. The first-order valence-corrected chi connectivity index (χ1v) is 15.0. The molecule has 0 bridgehead atoms. The fourth-order valence-electron chi connectivity index (χ4n) is 7.15. The number of benzene rings is 5. The van der Waals surface area contributed by atoms with E-state index in [1.807, 2.05) is 11.0 Å². The maximum atomic E-state index is 14.9. The van der Waals surface area contributed by atoms with Crippen molar-refractivity contribution in [1.29, 1.82) is 0 Å². The van der Waals surface area contributed by atoms with Gasteiger partial charge in [-0.15, -0.1) is 0 Å². The third kappa shape index (κ3) is 4.90. The molecule has 0 spiro atoms. The molecule has 1 unspecified atom stereocenters. The van der Waals surface area contributed by atoms with Crippen LogP contribution in [-0.2, 0) is 30.6 Å². The van der Waals surface area contributed by atoms with E-state index in [9.17, 15) is 9.18 Å². The van der Waals surface area contributed by atoms with E-state index in [0.29, 0.717) is 5.56 Å². The Morgan fingerprint density at radius 1 is 0.810 bits per heavy atom. The van der Waals surface area contributed by atoms with Crippen molar-refractivity contribution in [2.45, 2.75) is 44.8 Å². The van der Waals surface area contributed by atoms with Gasteiger partial charge in [-0.3, -0.25) is 9.69 Å². The molecular formula is C38H35FN2O. The van der Waals surface area contributed by atoms with Crippen LogP contribution in [0.4, 0.5) is 4.39 Å². The molecule has 1 heterocycles. The number of hydrogen-bond donors (Lipinski definition) is 0. The van der Waals surface area contributed by atoms with Crippen molar-refractivity contribution >= 4 is 16.7 Å². The highest BCUT2D eigenvalue weighted by atomic mass is 19.1. The Morgan fingerprint density at radius 3 is 2.26 bits per heavy atom. The summed E-state index contributed by atoms with van der Waals surface area (Å²) in [4.78, 5) is 18.8. The fraction of sp³-hybridized carbons (Fsp3) is 0.237. The molecule has 0 radical (unpaired) electrons. The van der Waals surface area contributed by atoms with E-state index in [0.717, 1.165) is 25.8 Å². The molecule has 0 N–H and O–H groups in total. The fourth-order valence-corrected chi connectivity index (χ4v) is 7.15. The van der Waals surface area contributed by atoms with E-state index < -0.39 is 0 Å². The number of aryl methyl sites for hydroxylation is 1. The number of hydrogen-bond acceptors (Lipinski definition) is 2. The molecule has 5 aromatic carbocycles. The smallest absolute Gasteiger partial charge is 0.237 e. The van der Waals surface area contributed by atoms with Gasteiger partial charge in [-0.2, -0.15) is 0 Å². The number of amides is 1. The Hall–Kier alpha value is -4.28. The molecule has 0 saturated carbocycles. The highest BCUT2D eigenvalue weighted by molar-refractivity contribution is 5.88. The van der Waals surface area contributed by atoms with Crippen LogP contribution in [0.1, 0.15) is 45.0 Å². The van der Waals surface area contributed by atoms with Crippen LogP contribution < -0.4 is 0 Å². The van der Waals surface area contributed by atoms with E-state index >= 15 is 0 Å². The summed E-state index contributed by atoms with van der Waals surface area (Å²) in [5.41, 5.74) is 8.23. The highest BCUT2D eigenvalue weighted by Crippen LogP contribution is 2.40. The number of fused-ring (bicyclic) bond motifs is 3. The first-order valence-electron chi connectivity index (χ1n) is 15.0. The lowest BCUT2D eigenvalue weighted by Crippen LogP contribution is -2.48. The first-order chi connectivity index (χ1) is 20.6. The number of carbonyl (C=O) groups excluding carboxylic acids is 1. The van der Waals surface area contributed by atoms with Crippen LogP contribution in [0.5, 0.6) is 0 Å². The molecule has 1 aliphatic heterocycles. The zero-order valence-electron chi connectivity index (χ0n) is 24.0. The summed E-state index contributed by atoms with van der Waals surface area (Å²) < 4.78 is 14.9. The van der Waals surface area contributed by atoms with Crippen LogP contribution in [0.3, 0.4) is 0 Å². The number of carbonyl (C=O) groups is 1. The average molecular weight is 555 g/mol. The summed E-state index contributed by atoms with van der Waals surface area (Å²) in [6.07, 6.45) is 2.49. The number of rotatable bonds is 6. The molecule has 1 amide bonds. The van der Waals surface area contributed by atoms with Gasteiger partial charge < -0.3 is 4.90 Å². The topological polar surface area (TPSA) is 23.6 Å². The first kappa shape index (κ1) is 26.6. The minimum Gasteiger partial charge on any atom is -0.333 e. The minimum absolute atomic E-state index is 0.00400. The van der Waals surface area contributed by atoms with Crippen molar-refractivity contribution < 1.29 is 9.18 Å². The van der Waals surface area contributed by atoms with Gasteiger partial charge in [0.2, 0.25) is 5.91 Å². The lowest BCUT2D eigenvalue weighted by atomic mass is 9.84. The summed E-state index contributed by atoms with van der Waals surface area (Å²) >= 11 is 0. The lowest BCUT2D eigenvalue weighted by molar-refractivity contribution is -0.136. The van der Waals surface area contributed by atoms with Gasteiger partial charge in [0, 0.05) is 24.7 Å². The predicted octanol–water partition coefficient (Wildman–Crippen LogP) is 7.43. The standard InChI is InChI=1S/C38H35FN2O/c1-26-18-19-27-10-4-7-15-33(27)37(26)38-34-16-8-5-11-28(34)20-21-40(38)25-36(42)41(24-31-14-6-9-17-35(31)39)32-22-29-12-2-3-13-30(29)23-32/h2-19,32,38H,20-25H2,1H3. The van der Waals surface area contributed by atoms with Crippen molar-refractivity contribution in [3.63, 3.8) is 0 Å². The number of nitrogens with zero attached hydrogens (tertiary/aromatic N) is 2. The van der Waals surface area contributed by atoms with Gasteiger partial charge in [-0.05, 0) is 76.4 Å². The molecule has 42 heavy (non-hydrogen) atoms. The normalized spacial score (nSPS) is 16.8. The molecule has 7 rings (SSSR count). The van der Waals surface area contributed by atoms with Crippen molar-refractivity contribution in [1.82, 2.24) is 9.80 Å². The summed E-state index contributed by atoms with van der Waals surface area (Å²) in [6, 6.07) is 36.9. The summed E-state index contributed by atoms with van der Waals surface area (Å²) in [5.74, 6) is -0.208. The molecule has 5 aromatic rings. The molecule has 2 aliphatic rings. The van der Waals surface area contributed by atoms with Crippen LogP contribution in [0.15, 0.2) is 109 Å². The average Bonchev–Trinajstić information content (AvgIpc) is 3.45. The summed E-state index contributed by atoms with van der Waals surface area (Å²) in [6.45, 7) is 3.52. The SMILES string of the molecule is Cc1ccc2ccccc2c1C1c2ccccc2CCN1CC(=O)N(Cc1ccccc1F)C1Cc2ccccc2C1. The minimum atomic E-state index is -0.262. The zero-order valence-corrected chi connectivity index (χ0v) is 24.0. The molecule has 3 nitrogen and oxygen atoms in total. The maximum Gasteiger partial charge on any atom is 0.237 e. The molecule has 4 heteroatoms. The third-order valence-electron chi connectivity index (χ3n) is 9.27. The van der Waals surface area contributed by atoms with Gasteiger partial charge in [-0.25, -0.2) is 4.39 Å². The van der Waals surface area contributed by atoms with Gasteiger partial charge in [0.05, 0.1) is 12.6 Å². The van der Waals surface area contributed by atoms with Gasteiger partial charge >= 0.3 is 0 Å². The Balaban J connectivity index is 1.27. The van der Waals surface area contributed by atoms with E-state index in [4.69, 9.17) is 0 Å². The van der Waals surface area contributed by atoms with E-state index in [-0.39, 0.29) is 36.9 Å². The van der Waals surface area contributed by atoms with Crippen molar-refractivity contribution in [3.05, 3.63) is 154 Å². The van der Waals surface area contributed by atoms with Crippen LogP contribution in [0.25, 0.3) is 10.8 Å². The molecule has 0 aromatic heterocycles. The predicted molar refractivity (Wildman–Crippen MR) is 167 cm³/mol. The molecule has 210 valence electrons. The van der Waals surface area contributed by atoms with Crippen LogP contribution >= 0.6 is 0 Å². The van der Waals surface area contributed by atoms with E-state index in [1.54, 1.807) is 12.1 Å². The van der Waals surface area contributed by atoms with Gasteiger partial charge in [0.15, 0.2) is 0 Å². The number of halogens is 1. The van der Waals surface area contributed by atoms with Gasteiger partial charge in [0.25, 0.3) is 0 Å². The van der Waals surface area contributed by atoms with Gasteiger partial charge in [0.1, 0.15) is 5.82 Å². The second-order valence-electron chi connectivity index (χ2n) is 11.8. The summed E-state index contributed by atoms with van der Waals surface area (Å²) in [7, 11) is 0. The van der Waals surface area contributed by atoms with Crippen LogP contribution in [0.2, 0.25) is 0 Å². The molecule has 0 saturated heterocycles. The summed E-state index contributed by atoms with van der Waals surface area (Å²) in [5, 5.41) is 2.43. The van der Waals surface area contributed by atoms with Crippen molar-refractivity contribution in [2.24, 2.45) is 0 Å². The maximum absolute atomic E-state index is 14.9. The van der Waals surface area contributed by atoms with Crippen molar-refractivity contribution in [3.8, 4) is 0 Å².